The van der Waals surface area contributed by atoms with Gasteiger partial charge in [0.15, 0.2) is 0 Å². The average Bonchev–Trinajstić information content (AvgIpc) is 2.73. The third-order valence-corrected chi connectivity index (χ3v) is 3.01. The molecule has 4 heteroatoms. The second-order valence-corrected chi connectivity index (χ2v) is 4.66. The van der Waals surface area contributed by atoms with Gasteiger partial charge in [0.2, 0.25) is 0 Å². The van der Waals surface area contributed by atoms with Crippen LogP contribution in [0, 0.1) is 0 Å². The molecule has 1 aromatic heterocycles. The highest BCUT2D eigenvalue weighted by atomic mass is 16.1. The molecule has 0 fully saturated rings. The van der Waals surface area contributed by atoms with Gasteiger partial charge in [-0.05, 0) is 44.5 Å². The zero-order chi connectivity index (χ0) is 13.1. The molecule has 0 atom stereocenters. The summed E-state index contributed by atoms with van der Waals surface area (Å²) in [5, 5.41) is 0. The lowest BCUT2D eigenvalue weighted by Crippen LogP contribution is -2.24. The van der Waals surface area contributed by atoms with E-state index in [1.807, 2.05) is 44.3 Å². The Balaban J connectivity index is 2.34. The largest absolute Gasteiger partial charge is 0.332 e. The Kier molecular flexibility index (Phi) is 3.67. The Bertz CT molecular complexity index is 563. The third-order valence-electron chi connectivity index (χ3n) is 3.01. The fourth-order valence-electron chi connectivity index (χ4n) is 1.97. The molecule has 1 aromatic carbocycles. The van der Waals surface area contributed by atoms with Gasteiger partial charge in [0.1, 0.15) is 0 Å². The molecule has 0 aliphatic rings. The topological polar surface area (TPSA) is 52.9 Å². The molecule has 0 saturated heterocycles. The molecular weight excluding hydrogens is 226 g/mol. The van der Waals surface area contributed by atoms with Crippen LogP contribution in [0.15, 0.2) is 41.5 Å². The van der Waals surface area contributed by atoms with Crippen LogP contribution in [0.2, 0.25) is 0 Å². The van der Waals surface area contributed by atoms with Gasteiger partial charge in [-0.1, -0.05) is 12.1 Å². The summed E-state index contributed by atoms with van der Waals surface area (Å²) in [4.78, 5) is 12.1. The zero-order valence-corrected chi connectivity index (χ0v) is 10.8. The minimum absolute atomic E-state index is 0.00317. The molecule has 0 unspecified atom stereocenters. The van der Waals surface area contributed by atoms with Crippen molar-refractivity contribution in [3.8, 4) is 5.69 Å². The molecule has 18 heavy (non-hydrogen) atoms. The van der Waals surface area contributed by atoms with Crippen molar-refractivity contribution in [2.24, 2.45) is 5.73 Å². The highest BCUT2D eigenvalue weighted by molar-refractivity contribution is 5.34. The fraction of sp³-hybridized carbons (Fsp3) is 0.357. The lowest BCUT2D eigenvalue weighted by molar-refractivity contribution is 0.574. The fourth-order valence-corrected chi connectivity index (χ4v) is 1.97. The van der Waals surface area contributed by atoms with Gasteiger partial charge in [0.25, 0.3) is 0 Å². The first-order valence-corrected chi connectivity index (χ1v) is 6.22. The molecule has 2 N–H and O–H groups in total. The van der Waals surface area contributed by atoms with E-state index >= 15 is 0 Å². The molecule has 0 saturated carbocycles. The molecule has 2 aromatic rings. The Morgan fingerprint density at radius 3 is 2.33 bits per heavy atom. The van der Waals surface area contributed by atoms with E-state index in [1.165, 1.54) is 5.56 Å². The number of imidazole rings is 1. The first-order chi connectivity index (χ1) is 8.63. The van der Waals surface area contributed by atoms with E-state index in [-0.39, 0.29) is 11.7 Å². The van der Waals surface area contributed by atoms with Crippen LogP contribution in [0.4, 0.5) is 0 Å². The number of hydrogen-bond acceptors (Lipinski definition) is 2. The summed E-state index contributed by atoms with van der Waals surface area (Å²) < 4.78 is 3.38. The molecule has 96 valence electrons. The molecule has 2 rings (SSSR count). The van der Waals surface area contributed by atoms with Crippen LogP contribution in [0.3, 0.4) is 0 Å². The Labute approximate surface area is 107 Å². The summed E-state index contributed by atoms with van der Waals surface area (Å²) in [6, 6.07) is 8.12. The smallest absolute Gasteiger partial charge is 0.330 e. The highest BCUT2D eigenvalue weighted by Crippen LogP contribution is 2.09. The van der Waals surface area contributed by atoms with Crippen molar-refractivity contribution >= 4 is 0 Å². The van der Waals surface area contributed by atoms with Gasteiger partial charge in [0, 0.05) is 18.4 Å². The maximum Gasteiger partial charge on any atom is 0.332 e. The van der Waals surface area contributed by atoms with Crippen LogP contribution in [0.5, 0.6) is 0 Å². The van der Waals surface area contributed by atoms with E-state index in [2.05, 4.69) is 0 Å². The van der Waals surface area contributed by atoms with E-state index in [9.17, 15) is 4.79 Å². The summed E-state index contributed by atoms with van der Waals surface area (Å²) in [6.07, 6.45) is 4.49. The molecular formula is C14H19N3O. The second-order valence-electron chi connectivity index (χ2n) is 4.66. The van der Waals surface area contributed by atoms with Crippen molar-refractivity contribution in [3.63, 3.8) is 0 Å². The summed E-state index contributed by atoms with van der Waals surface area (Å²) in [5.41, 5.74) is 7.59. The molecule has 4 nitrogen and oxygen atoms in total. The maximum absolute atomic E-state index is 12.1. The van der Waals surface area contributed by atoms with Crippen molar-refractivity contribution in [3.05, 3.63) is 52.7 Å². The lowest BCUT2D eigenvalue weighted by atomic mass is 10.1. The van der Waals surface area contributed by atoms with Crippen LogP contribution < -0.4 is 11.4 Å². The lowest BCUT2D eigenvalue weighted by Gasteiger charge is -2.06. The van der Waals surface area contributed by atoms with Crippen molar-refractivity contribution in [1.82, 2.24) is 9.13 Å². The van der Waals surface area contributed by atoms with Crippen LogP contribution >= 0.6 is 0 Å². The number of aromatic nitrogens is 2. The summed E-state index contributed by atoms with van der Waals surface area (Å²) in [5.74, 6) is 0. The molecule has 0 bridgehead atoms. The molecule has 1 heterocycles. The maximum atomic E-state index is 12.1. The van der Waals surface area contributed by atoms with E-state index in [1.54, 1.807) is 15.3 Å². The van der Waals surface area contributed by atoms with Gasteiger partial charge < -0.3 is 5.73 Å². The summed E-state index contributed by atoms with van der Waals surface area (Å²) >= 11 is 0. The number of rotatable bonds is 4. The minimum atomic E-state index is -0.00317. The van der Waals surface area contributed by atoms with Crippen molar-refractivity contribution in [2.75, 3.05) is 6.54 Å². The predicted octanol–water partition coefficient (Wildman–Crippen LogP) is 1.72. The average molecular weight is 245 g/mol. The SMILES string of the molecule is CC(C)n1ccn(-c2ccc(CCN)cc2)c1=O. The first-order valence-electron chi connectivity index (χ1n) is 6.22. The van der Waals surface area contributed by atoms with E-state index in [4.69, 9.17) is 5.73 Å². The number of nitrogens with two attached hydrogens (primary N) is 1. The van der Waals surface area contributed by atoms with Crippen molar-refractivity contribution in [1.29, 1.82) is 0 Å². The number of hydrogen-bond donors (Lipinski definition) is 1. The van der Waals surface area contributed by atoms with Gasteiger partial charge in [-0.2, -0.15) is 0 Å². The number of benzene rings is 1. The molecule has 0 aliphatic heterocycles. The van der Waals surface area contributed by atoms with Crippen molar-refractivity contribution in [2.45, 2.75) is 26.3 Å². The van der Waals surface area contributed by atoms with Gasteiger partial charge in [-0.15, -0.1) is 0 Å². The highest BCUT2D eigenvalue weighted by Gasteiger charge is 2.07. The molecule has 0 spiro atoms. The zero-order valence-electron chi connectivity index (χ0n) is 10.8. The van der Waals surface area contributed by atoms with Crippen LogP contribution in [-0.4, -0.2) is 15.7 Å². The third kappa shape index (κ3) is 2.38. The van der Waals surface area contributed by atoms with Gasteiger partial charge in [0.05, 0.1) is 5.69 Å². The van der Waals surface area contributed by atoms with E-state index < -0.39 is 0 Å². The quantitative estimate of drug-likeness (QED) is 0.891. The Morgan fingerprint density at radius 2 is 1.83 bits per heavy atom. The normalized spacial score (nSPS) is 11.1. The van der Waals surface area contributed by atoms with Crippen molar-refractivity contribution < 1.29 is 0 Å². The van der Waals surface area contributed by atoms with Crippen LogP contribution in [0.1, 0.15) is 25.5 Å². The monoisotopic (exact) mass is 245 g/mol. The molecule has 0 aliphatic carbocycles. The summed E-state index contributed by atoms with van der Waals surface area (Å²) in [6.45, 7) is 4.63. The Morgan fingerprint density at radius 1 is 1.17 bits per heavy atom. The summed E-state index contributed by atoms with van der Waals surface area (Å²) in [7, 11) is 0. The van der Waals surface area contributed by atoms with Crippen LogP contribution in [0.25, 0.3) is 5.69 Å². The standard InChI is InChI=1S/C14H19N3O/c1-11(2)16-9-10-17(14(16)18)13-5-3-12(4-6-13)7-8-15/h3-6,9-11H,7-8,15H2,1-2H3. The van der Waals surface area contributed by atoms with E-state index in [0.29, 0.717) is 6.54 Å². The van der Waals surface area contributed by atoms with Crippen LogP contribution in [-0.2, 0) is 6.42 Å². The molecule has 0 amide bonds. The molecule has 0 radical (unpaired) electrons. The predicted molar refractivity (Wildman–Crippen MR) is 73.2 cm³/mol. The second kappa shape index (κ2) is 5.23. The first kappa shape index (κ1) is 12.6. The number of nitrogens with zero attached hydrogens (tertiary/aromatic N) is 2. The minimum Gasteiger partial charge on any atom is -0.330 e. The Hall–Kier alpha value is -1.81. The van der Waals surface area contributed by atoms with E-state index in [0.717, 1.165) is 12.1 Å². The van der Waals surface area contributed by atoms with Gasteiger partial charge in [-0.25, -0.2) is 4.79 Å². The van der Waals surface area contributed by atoms with Gasteiger partial charge >= 0.3 is 5.69 Å². The van der Waals surface area contributed by atoms with Gasteiger partial charge in [-0.3, -0.25) is 9.13 Å².